The molecule has 0 N–H and O–H groups in total. The van der Waals surface area contributed by atoms with Gasteiger partial charge in [0.2, 0.25) is 5.71 Å². The molecule has 0 saturated heterocycles. The molecule has 1 aliphatic rings. The predicted octanol–water partition coefficient (Wildman–Crippen LogP) is 3.30. The van der Waals surface area contributed by atoms with Crippen molar-refractivity contribution >= 4 is 11.1 Å². The van der Waals surface area contributed by atoms with Gasteiger partial charge < -0.3 is 4.42 Å². The number of aromatic nitrogens is 2. The second-order valence-corrected chi connectivity index (χ2v) is 5.64. The van der Waals surface area contributed by atoms with Crippen molar-refractivity contribution < 1.29 is 4.42 Å². The van der Waals surface area contributed by atoms with E-state index in [2.05, 4.69) is 4.98 Å². The first-order valence-corrected chi connectivity index (χ1v) is 7.33. The summed E-state index contributed by atoms with van der Waals surface area (Å²) in [5, 5.41) is 0.580. The molecule has 106 valence electrons. The first-order valence-electron chi connectivity index (χ1n) is 7.33. The van der Waals surface area contributed by atoms with E-state index in [9.17, 15) is 4.79 Å². The van der Waals surface area contributed by atoms with E-state index in [1.54, 1.807) is 4.57 Å². The van der Waals surface area contributed by atoms with Gasteiger partial charge >= 0.3 is 0 Å². The number of aryl methyl sites for hydroxylation is 2. The Balaban J connectivity index is 1.92. The molecule has 0 unspecified atom stereocenters. The normalized spacial score (nSPS) is 14.3. The van der Waals surface area contributed by atoms with E-state index in [4.69, 9.17) is 4.42 Å². The summed E-state index contributed by atoms with van der Waals surface area (Å²) in [5.41, 5.74) is 2.66. The third-order valence-electron chi connectivity index (χ3n) is 4.10. The number of benzene rings is 1. The number of furan rings is 1. The van der Waals surface area contributed by atoms with Crippen LogP contribution < -0.4 is 5.56 Å². The maximum atomic E-state index is 12.5. The standard InChI is InChI=1S/C17H16N2O2/c1-11-5-7-12(8-6-11)14-10-13-16(21-14)18-15-4-2-3-9-19(15)17(13)20/h5-8,10H,2-4,9H2,1H3. The molecule has 2 aromatic heterocycles. The summed E-state index contributed by atoms with van der Waals surface area (Å²) in [5.74, 6) is 1.56. The molecule has 1 aliphatic heterocycles. The molecule has 3 heterocycles. The molecule has 0 aliphatic carbocycles. The van der Waals surface area contributed by atoms with Crippen LogP contribution in [0.3, 0.4) is 0 Å². The van der Waals surface area contributed by atoms with Crippen LogP contribution in [-0.4, -0.2) is 9.55 Å². The third-order valence-corrected chi connectivity index (χ3v) is 4.10. The minimum Gasteiger partial charge on any atom is -0.437 e. The molecule has 0 saturated carbocycles. The molecule has 4 rings (SSSR count). The topological polar surface area (TPSA) is 48.0 Å². The molecule has 0 bridgehead atoms. The lowest BCUT2D eigenvalue weighted by atomic mass is 10.1. The van der Waals surface area contributed by atoms with Gasteiger partial charge in [-0.15, -0.1) is 0 Å². The summed E-state index contributed by atoms with van der Waals surface area (Å²) in [7, 11) is 0. The van der Waals surface area contributed by atoms with Gasteiger partial charge in [0, 0.05) is 18.5 Å². The Morgan fingerprint density at radius 1 is 1.19 bits per heavy atom. The van der Waals surface area contributed by atoms with Crippen molar-refractivity contribution in [2.45, 2.75) is 32.7 Å². The van der Waals surface area contributed by atoms with Gasteiger partial charge in [0.15, 0.2) is 0 Å². The molecule has 4 heteroatoms. The molecule has 0 amide bonds. The lowest BCUT2D eigenvalue weighted by Gasteiger charge is -2.16. The van der Waals surface area contributed by atoms with Gasteiger partial charge in [0.25, 0.3) is 5.56 Å². The molecular formula is C17H16N2O2. The fourth-order valence-corrected chi connectivity index (χ4v) is 2.89. The molecule has 0 atom stereocenters. The molecular weight excluding hydrogens is 264 g/mol. The lowest BCUT2D eigenvalue weighted by Crippen LogP contribution is -2.27. The first-order chi connectivity index (χ1) is 10.2. The Morgan fingerprint density at radius 2 is 2.00 bits per heavy atom. The van der Waals surface area contributed by atoms with Gasteiger partial charge in [-0.2, -0.15) is 4.98 Å². The van der Waals surface area contributed by atoms with Gasteiger partial charge in [0.05, 0.1) is 0 Å². The lowest BCUT2D eigenvalue weighted by molar-refractivity contribution is 0.494. The molecule has 0 radical (unpaired) electrons. The number of hydrogen-bond acceptors (Lipinski definition) is 3. The summed E-state index contributed by atoms with van der Waals surface area (Å²) < 4.78 is 7.61. The maximum Gasteiger partial charge on any atom is 0.264 e. The van der Waals surface area contributed by atoms with Crippen LogP contribution in [0.5, 0.6) is 0 Å². The molecule has 4 nitrogen and oxygen atoms in total. The highest BCUT2D eigenvalue weighted by molar-refractivity contribution is 5.79. The fraction of sp³-hybridized carbons (Fsp3) is 0.294. The number of fused-ring (bicyclic) bond motifs is 2. The smallest absolute Gasteiger partial charge is 0.264 e. The zero-order valence-electron chi connectivity index (χ0n) is 11.9. The minimum atomic E-state index is 0.0248. The van der Waals surface area contributed by atoms with Crippen molar-refractivity contribution in [1.29, 1.82) is 0 Å². The van der Waals surface area contributed by atoms with Crippen LogP contribution in [-0.2, 0) is 13.0 Å². The molecule has 0 fully saturated rings. The van der Waals surface area contributed by atoms with Gasteiger partial charge in [0.1, 0.15) is 17.0 Å². The highest BCUT2D eigenvalue weighted by atomic mass is 16.3. The first kappa shape index (κ1) is 12.4. The van der Waals surface area contributed by atoms with E-state index in [1.165, 1.54) is 5.56 Å². The van der Waals surface area contributed by atoms with Crippen LogP contribution in [0.1, 0.15) is 24.2 Å². The van der Waals surface area contributed by atoms with Crippen molar-refractivity contribution in [2.75, 3.05) is 0 Å². The Morgan fingerprint density at radius 3 is 2.81 bits per heavy atom. The van der Waals surface area contributed by atoms with E-state index in [0.29, 0.717) is 16.9 Å². The van der Waals surface area contributed by atoms with E-state index in [0.717, 1.165) is 37.2 Å². The van der Waals surface area contributed by atoms with Crippen molar-refractivity contribution in [3.05, 3.63) is 52.1 Å². The van der Waals surface area contributed by atoms with Gasteiger partial charge in [-0.1, -0.05) is 29.8 Å². The predicted molar refractivity (Wildman–Crippen MR) is 81.4 cm³/mol. The average Bonchev–Trinajstić information content (AvgIpc) is 2.92. The summed E-state index contributed by atoms with van der Waals surface area (Å²) in [6.07, 6.45) is 2.98. The second kappa shape index (κ2) is 4.58. The van der Waals surface area contributed by atoms with Gasteiger partial charge in [-0.3, -0.25) is 9.36 Å². The Bertz CT molecular complexity index is 872. The van der Waals surface area contributed by atoms with Crippen molar-refractivity contribution in [1.82, 2.24) is 9.55 Å². The summed E-state index contributed by atoms with van der Waals surface area (Å²) in [6.45, 7) is 2.81. The van der Waals surface area contributed by atoms with Crippen LogP contribution in [0.25, 0.3) is 22.4 Å². The zero-order valence-corrected chi connectivity index (χ0v) is 11.9. The number of nitrogens with zero attached hydrogens (tertiary/aromatic N) is 2. The van der Waals surface area contributed by atoms with E-state index >= 15 is 0 Å². The number of hydrogen-bond donors (Lipinski definition) is 0. The number of rotatable bonds is 1. The summed E-state index contributed by atoms with van der Waals surface area (Å²) in [6, 6.07) is 9.90. The van der Waals surface area contributed by atoms with Crippen LogP contribution in [0.2, 0.25) is 0 Å². The average molecular weight is 280 g/mol. The molecule has 1 aromatic carbocycles. The van der Waals surface area contributed by atoms with Crippen LogP contribution >= 0.6 is 0 Å². The van der Waals surface area contributed by atoms with Crippen molar-refractivity contribution in [2.24, 2.45) is 0 Å². The Labute approximate surface area is 122 Å². The zero-order chi connectivity index (χ0) is 14.4. The molecule has 3 aromatic rings. The van der Waals surface area contributed by atoms with Crippen LogP contribution in [0.4, 0.5) is 0 Å². The van der Waals surface area contributed by atoms with Crippen LogP contribution in [0, 0.1) is 6.92 Å². The van der Waals surface area contributed by atoms with Gasteiger partial charge in [-0.05, 0) is 25.8 Å². The second-order valence-electron chi connectivity index (χ2n) is 5.64. The Hall–Kier alpha value is -2.36. The summed E-state index contributed by atoms with van der Waals surface area (Å²) >= 11 is 0. The molecule has 0 spiro atoms. The highest BCUT2D eigenvalue weighted by Crippen LogP contribution is 2.26. The quantitative estimate of drug-likeness (QED) is 0.687. The fourth-order valence-electron chi connectivity index (χ4n) is 2.89. The van der Waals surface area contributed by atoms with Gasteiger partial charge in [-0.25, -0.2) is 0 Å². The highest BCUT2D eigenvalue weighted by Gasteiger charge is 2.18. The Kier molecular flexibility index (Phi) is 2.70. The monoisotopic (exact) mass is 280 g/mol. The van der Waals surface area contributed by atoms with E-state index < -0.39 is 0 Å². The van der Waals surface area contributed by atoms with Crippen molar-refractivity contribution in [3.63, 3.8) is 0 Å². The largest absolute Gasteiger partial charge is 0.437 e. The van der Waals surface area contributed by atoms with E-state index in [1.807, 2.05) is 37.3 Å². The van der Waals surface area contributed by atoms with Crippen LogP contribution in [0.15, 0.2) is 39.5 Å². The molecule has 21 heavy (non-hydrogen) atoms. The summed E-state index contributed by atoms with van der Waals surface area (Å²) in [4.78, 5) is 17.1. The minimum absolute atomic E-state index is 0.0248. The third kappa shape index (κ3) is 1.98. The van der Waals surface area contributed by atoms with E-state index in [-0.39, 0.29) is 5.56 Å². The van der Waals surface area contributed by atoms with Crippen molar-refractivity contribution in [3.8, 4) is 11.3 Å². The SMILES string of the molecule is Cc1ccc(-c2cc3c(=O)n4c(nc3o2)CCCC4)cc1. The maximum absolute atomic E-state index is 12.5.